The van der Waals surface area contributed by atoms with Crippen molar-refractivity contribution < 1.29 is 14.3 Å². The Bertz CT molecular complexity index is 1170. The summed E-state index contributed by atoms with van der Waals surface area (Å²) in [6, 6.07) is 20.1. The number of anilines is 3. The number of nitrogens with zero attached hydrogens (tertiary/aromatic N) is 1. The molecule has 0 atom stereocenters. The minimum absolute atomic E-state index is 0.0635. The van der Waals surface area contributed by atoms with E-state index in [-0.39, 0.29) is 11.8 Å². The molecule has 2 amide bonds. The van der Waals surface area contributed by atoms with Gasteiger partial charge in [-0.3, -0.25) is 9.59 Å². The molecule has 0 fully saturated rings. The minimum Gasteiger partial charge on any atom is -0.497 e. The summed E-state index contributed by atoms with van der Waals surface area (Å²) in [7, 11) is 1.57. The average molecular weight is 489 g/mol. The van der Waals surface area contributed by atoms with Crippen LogP contribution in [-0.4, -0.2) is 50.0 Å². The molecular formula is C29H36N4O3. The van der Waals surface area contributed by atoms with Crippen LogP contribution in [0.15, 0.2) is 66.7 Å². The largest absolute Gasteiger partial charge is 0.497 e. The molecule has 0 aliphatic heterocycles. The van der Waals surface area contributed by atoms with Crippen molar-refractivity contribution in [3.05, 3.63) is 83.4 Å². The Morgan fingerprint density at radius 1 is 0.861 bits per heavy atom. The number of ether oxygens (including phenoxy) is 1. The lowest BCUT2D eigenvalue weighted by Crippen LogP contribution is -2.29. The molecule has 190 valence electrons. The molecule has 0 radical (unpaired) electrons. The second kappa shape index (κ2) is 13.3. The van der Waals surface area contributed by atoms with Crippen LogP contribution in [0.3, 0.4) is 0 Å². The van der Waals surface area contributed by atoms with Crippen LogP contribution in [0.4, 0.5) is 17.1 Å². The minimum atomic E-state index is -0.213. The molecule has 3 aromatic rings. The number of methoxy groups -OCH3 is 1. The Labute approximate surface area is 213 Å². The van der Waals surface area contributed by atoms with Crippen molar-refractivity contribution in [2.75, 3.05) is 43.9 Å². The van der Waals surface area contributed by atoms with Crippen molar-refractivity contribution >= 4 is 28.9 Å². The zero-order chi connectivity index (χ0) is 25.9. The number of hydrogen-bond donors (Lipinski definition) is 3. The van der Waals surface area contributed by atoms with Gasteiger partial charge in [-0.25, -0.2) is 0 Å². The molecule has 0 saturated carbocycles. The first kappa shape index (κ1) is 26.8. The third kappa shape index (κ3) is 7.58. The van der Waals surface area contributed by atoms with Gasteiger partial charge in [-0.1, -0.05) is 26.0 Å². The molecule has 0 spiro atoms. The number of carbonyl (C=O) groups excluding carboxylic acids is 2. The van der Waals surface area contributed by atoms with Gasteiger partial charge in [0, 0.05) is 34.7 Å². The van der Waals surface area contributed by atoms with E-state index in [2.05, 4.69) is 34.7 Å². The van der Waals surface area contributed by atoms with Gasteiger partial charge in [-0.15, -0.1) is 0 Å². The Balaban J connectivity index is 1.59. The molecule has 3 N–H and O–H groups in total. The van der Waals surface area contributed by atoms with Gasteiger partial charge < -0.3 is 25.6 Å². The van der Waals surface area contributed by atoms with Gasteiger partial charge in [-0.2, -0.15) is 0 Å². The first-order valence-corrected chi connectivity index (χ1v) is 12.4. The lowest BCUT2D eigenvalue weighted by atomic mass is 10.1. The zero-order valence-electron chi connectivity index (χ0n) is 21.6. The van der Waals surface area contributed by atoms with Crippen LogP contribution < -0.4 is 20.7 Å². The molecule has 7 heteroatoms. The number of rotatable bonds is 12. The van der Waals surface area contributed by atoms with E-state index in [0.717, 1.165) is 43.0 Å². The van der Waals surface area contributed by atoms with Gasteiger partial charge in [-0.05, 0) is 93.1 Å². The summed E-state index contributed by atoms with van der Waals surface area (Å²) in [4.78, 5) is 27.5. The molecular weight excluding hydrogens is 452 g/mol. The van der Waals surface area contributed by atoms with Gasteiger partial charge in [0.1, 0.15) is 5.75 Å². The molecule has 0 heterocycles. The fourth-order valence-electron chi connectivity index (χ4n) is 3.89. The van der Waals surface area contributed by atoms with Crippen molar-refractivity contribution in [1.29, 1.82) is 0 Å². The maximum absolute atomic E-state index is 12.6. The Morgan fingerprint density at radius 2 is 1.58 bits per heavy atom. The molecule has 0 aliphatic rings. The average Bonchev–Trinajstić information content (AvgIpc) is 2.90. The van der Waals surface area contributed by atoms with E-state index < -0.39 is 0 Å². The Morgan fingerprint density at radius 3 is 2.31 bits per heavy atom. The highest BCUT2D eigenvalue weighted by atomic mass is 16.5. The highest BCUT2D eigenvalue weighted by molar-refractivity contribution is 6.04. The fraction of sp³-hybridized carbons (Fsp3) is 0.310. The summed E-state index contributed by atoms with van der Waals surface area (Å²) in [5.41, 5.74) is 4.51. The Kier molecular flexibility index (Phi) is 9.89. The lowest BCUT2D eigenvalue weighted by molar-refractivity contribution is 0.0951. The van der Waals surface area contributed by atoms with Crippen LogP contribution in [0, 0.1) is 6.92 Å². The fourth-order valence-corrected chi connectivity index (χ4v) is 3.89. The molecule has 36 heavy (non-hydrogen) atoms. The van der Waals surface area contributed by atoms with Gasteiger partial charge in [0.05, 0.1) is 7.11 Å². The van der Waals surface area contributed by atoms with E-state index in [1.54, 1.807) is 31.4 Å². The maximum Gasteiger partial charge on any atom is 0.255 e. The first-order valence-electron chi connectivity index (χ1n) is 12.4. The third-order valence-electron chi connectivity index (χ3n) is 6.05. The number of benzene rings is 3. The summed E-state index contributed by atoms with van der Waals surface area (Å²) in [6.07, 6.45) is 0.927. The van der Waals surface area contributed by atoms with Crippen molar-refractivity contribution in [1.82, 2.24) is 10.2 Å². The predicted molar refractivity (Wildman–Crippen MR) is 147 cm³/mol. The Hall–Kier alpha value is -3.84. The molecule has 7 nitrogen and oxygen atoms in total. The predicted octanol–water partition coefficient (Wildman–Crippen LogP) is 5.46. The van der Waals surface area contributed by atoms with Crippen LogP contribution >= 0.6 is 0 Å². The van der Waals surface area contributed by atoms with Crippen LogP contribution in [0.2, 0.25) is 0 Å². The van der Waals surface area contributed by atoms with Crippen LogP contribution in [0.25, 0.3) is 0 Å². The summed E-state index contributed by atoms with van der Waals surface area (Å²) in [5.74, 6) is 0.353. The van der Waals surface area contributed by atoms with Crippen molar-refractivity contribution in [2.45, 2.75) is 27.2 Å². The zero-order valence-corrected chi connectivity index (χ0v) is 21.6. The number of nitrogens with one attached hydrogen (secondary N) is 3. The van der Waals surface area contributed by atoms with Crippen molar-refractivity contribution in [2.24, 2.45) is 0 Å². The maximum atomic E-state index is 12.6. The standard InChI is InChI=1S/C29H36N4O3/c1-5-33(6-2)17-9-16-30-28(34)23-14-15-27(21(3)18-23)31-24-11-8-12-25(20-24)32-29(35)22-10-7-13-26(19-22)36-4/h7-8,10-15,18-20,31H,5-6,9,16-17H2,1-4H3,(H,30,34)(H,32,35). The molecule has 0 aromatic heterocycles. The SMILES string of the molecule is CCN(CC)CCCNC(=O)c1ccc(Nc2cccc(NC(=O)c3cccc(OC)c3)c2)c(C)c1. The van der Waals surface area contributed by atoms with E-state index in [1.807, 2.05) is 49.4 Å². The summed E-state index contributed by atoms with van der Waals surface area (Å²) >= 11 is 0. The summed E-state index contributed by atoms with van der Waals surface area (Å²) in [5, 5.41) is 9.31. The van der Waals surface area contributed by atoms with E-state index in [1.165, 1.54) is 0 Å². The highest BCUT2D eigenvalue weighted by Crippen LogP contribution is 2.24. The van der Waals surface area contributed by atoms with E-state index in [9.17, 15) is 9.59 Å². The van der Waals surface area contributed by atoms with Crippen LogP contribution in [-0.2, 0) is 0 Å². The molecule has 3 rings (SSSR count). The van der Waals surface area contributed by atoms with Gasteiger partial charge in [0.25, 0.3) is 11.8 Å². The van der Waals surface area contributed by atoms with Gasteiger partial charge in [0.2, 0.25) is 0 Å². The molecule has 0 saturated heterocycles. The lowest BCUT2D eigenvalue weighted by Gasteiger charge is -2.17. The van der Waals surface area contributed by atoms with Crippen LogP contribution in [0.5, 0.6) is 5.75 Å². The van der Waals surface area contributed by atoms with E-state index >= 15 is 0 Å². The monoisotopic (exact) mass is 488 g/mol. The molecule has 0 aliphatic carbocycles. The quantitative estimate of drug-likeness (QED) is 0.295. The van der Waals surface area contributed by atoms with E-state index in [0.29, 0.717) is 29.1 Å². The topological polar surface area (TPSA) is 82.7 Å². The number of hydrogen-bond acceptors (Lipinski definition) is 5. The number of aryl methyl sites for hydroxylation is 1. The second-order valence-corrected chi connectivity index (χ2v) is 8.56. The molecule has 0 unspecified atom stereocenters. The van der Waals surface area contributed by atoms with Crippen LogP contribution in [0.1, 0.15) is 46.5 Å². The normalized spacial score (nSPS) is 10.7. The second-order valence-electron chi connectivity index (χ2n) is 8.56. The van der Waals surface area contributed by atoms with Gasteiger partial charge in [0.15, 0.2) is 0 Å². The van der Waals surface area contributed by atoms with E-state index in [4.69, 9.17) is 4.74 Å². The number of carbonyl (C=O) groups is 2. The third-order valence-corrected chi connectivity index (χ3v) is 6.05. The summed E-state index contributed by atoms with van der Waals surface area (Å²) in [6.45, 7) is 9.94. The molecule has 3 aromatic carbocycles. The van der Waals surface area contributed by atoms with Crippen molar-refractivity contribution in [3.8, 4) is 5.75 Å². The smallest absolute Gasteiger partial charge is 0.255 e. The summed E-state index contributed by atoms with van der Waals surface area (Å²) < 4.78 is 5.20. The highest BCUT2D eigenvalue weighted by Gasteiger charge is 2.10. The number of amides is 2. The van der Waals surface area contributed by atoms with Crippen molar-refractivity contribution in [3.63, 3.8) is 0 Å². The first-order chi connectivity index (χ1) is 17.4. The molecule has 0 bridgehead atoms. The van der Waals surface area contributed by atoms with Gasteiger partial charge >= 0.3 is 0 Å².